The number of halogens is 1. The summed E-state index contributed by atoms with van der Waals surface area (Å²) in [5.41, 5.74) is 0.861. The summed E-state index contributed by atoms with van der Waals surface area (Å²) in [6.07, 6.45) is 0. The minimum absolute atomic E-state index is 0.186. The van der Waals surface area contributed by atoms with Crippen molar-refractivity contribution >= 4 is 5.69 Å². The summed E-state index contributed by atoms with van der Waals surface area (Å²) in [7, 11) is 4.24. The first kappa shape index (κ1) is 16.2. The van der Waals surface area contributed by atoms with Crippen LogP contribution in [-0.2, 0) is 0 Å². The molecule has 0 radical (unpaired) electrons. The number of piperazine rings is 1. The summed E-state index contributed by atoms with van der Waals surface area (Å²) >= 11 is 0. The van der Waals surface area contributed by atoms with Crippen LogP contribution in [0.5, 0.6) is 0 Å². The zero-order valence-corrected chi connectivity index (χ0v) is 13.2. The molecule has 0 bridgehead atoms. The fourth-order valence-electron chi connectivity index (χ4n) is 2.53. The summed E-state index contributed by atoms with van der Waals surface area (Å²) in [6.45, 7) is 8.70. The molecule has 1 N–H and O–H groups in total. The fourth-order valence-corrected chi connectivity index (χ4v) is 2.53. The standard InChI is InChI=1S/C16H27FN4/c1-19(2)8-9-21-12-10-20(11-13-21)7-6-18-16-5-3-4-15(17)14-16/h3-5,14,18H,6-13H2,1-2H3. The molecule has 1 heterocycles. The van der Waals surface area contributed by atoms with Gasteiger partial charge in [0.25, 0.3) is 0 Å². The van der Waals surface area contributed by atoms with Crippen molar-refractivity contribution in [2.24, 2.45) is 0 Å². The molecular formula is C16H27FN4. The van der Waals surface area contributed by atoms with Crippen molar-refractivity contribution < 1.29 is 4.39 Å². The molecule has 5 heteroatoms. The Morgan fingerprint density at radius 2 is 1.76 bits per heavy atom. The van der Waals surface area contributed by atoms with E-state index < -0.39 is 0 Å². The molecule has 118 valence electrons. The van der Waals surface area contributed by atoms with Gasteiger partial charge in [-0.15, -0.1) is 0 Å². The van der Waals surface area contributed by atoms with E-state index in [9.17, 15) is 4.39 Å². The first-order chi connectivity index (χ1) is 10.1. The Morgan fingerprint density at radius 1 is 1.10 bits per heavy atom. The topological polar surface area (TPSA) is 21.8 Å². The van der Waals surface area contributed by atoms with Crippen LogP contribution in [-0.4, -0.2) is 81.2 Å². The van der Waals surface area contributed by atoms with Gasteiger partial charge in [-0.1, -0.05) is 6.07 Å². The molecule has 0 amide bonds. The highest BCUT2D eigenvalue weighted by Crippen LogP contribution is 2.09. The second-order valence-electron chi connectivity index (χ2n) is 5.92. The highest BCUT2D eigenvalue weighted by Gasteiger charge is 2.15. The average molecular weight is 294 g/mol. The Labute approximate surface area is 127 Å². The summed E-state index contributed by atoms with van der Waals surface area (Å²) in [6, 6.07) is 6.65. The molecule has 1 aliphatic heterocycles. The van der Waals surface area contributed by atoms with Crippen molar-refractivity contribution in [1.82, 2.24) is 14.7 Å². The van der Waals surface area contributed by atoms with E-state index in [1.807, 2.05) is 6.07 Å². The SMILES string of the molecule is CN(C)CCN1CCN(CCNc2cccc(F)c2)CC1. The molecule has 0 saturated carbocycles. The average Bonchev–Trinajstić information content (AvgIpc) is 2.46. The van der Waals surface area contributed by atoms with Gasteiger partial charge in [-0.25, -0.2) is 4.39 Å². The van der Waals surface area contributed by atoms with Gasteiger partial charge in [-0.3, -0.25) is 9.80 Å². The molecule has 0 atom stereocenters. The van der Waals surface area contributed by atoms with Crippen molar-refractivity contribution in [3.63, 3.8) is 0 Å². The van der Waals surface area contributed by atoms with Gasteiger partial charge in [0.05, 0.1) is 0 Å². The normalized spacial score (nSPS) is 17.3. The van der Waals surface area contributed by atoms with Crippen LogP contribution in [0.3, 0.4) is 0 Å². The van der Waals surface area contributed by atoms with Crippen molar-refractivity contribution in [3.8, 4) is 0 Å². The van der Waals surface area contributed by atoms with Gasteiger partial charge in [0.15, 0.2) is 0 Å². The van der Waals surface area contributed by atoms with Crippen LogP contribution in [0.4, 0.5) is 10.1 Å². The van der Waals surface area contributed by atoms with Gasteiger partial charge < -0.3 is 10.2 Å². The molecular weight excluding hydrogens is 267 g/mol. The molecule has 0 aromatic heterocycles. The van der Waals surface area contributed by atoms with E-state index in [1.54, 1.807) is 12.1 Å². The third-order valence-electron chi connectivity index (χ3n) is 3.91. The minimum atomic E-state index is -0.186. The molecule has 1 saturated heterocycles. The Morgan fingerprint density at radius 3 is 2.38 bits per heavy atom. The number of rotatable bonds is 7. The zero-order chi connectivity index (χ0) is 15.1. The van der Waals surface area contributed by atoms with Crippen molar-refractivity contribution in [3.05, 3.63) is 30.1 Å². The predicted molar refractivity (Wildman–Crippen MR) is 86.3 cm³/mol. The van der Waals surface area contributed by atoms with Gasteiger partial charge in [-0.2, -0.15) is 0 Å². The number of hydrogen-bond acceptors (Lipinski definition) is 4. The van der Waals surface area contributed by atoms with E-state index in [0.29, 0.717) is 0 Å². The number of likely N-dealkylation sites (N-methyl/N-ethyl adjacent to an activating group) is 1. The number of benzene rings is 1. The second kappa shape index (κ2) is 8.32. The van der Waals surface area contributed by atoms with Crippen LogP contribution in [0.2, 0.25) is 0 Å². The smallest absolute Gasteiger partial charge is 0.125 e. The minimum Gasteiger partial charge on any atom is -0.384 e. The molecule has 2 rings (SSSR count). The van der Waals surface area contributed by atoms with E-state index in [4.69, 9.17) is 0 Å². The largest absolute Gasteiger partial charge is 0.384 e. The van der Waals surface area contributed by atoms with Gasteiger partial charge in [-0.05, 0) is 32.3 Å². The number of nitrogens with zero attached hydrogens (tertiary/aromatic N) is 3. The first-order valence-corrected chi connectivity index (χ1v) is 7.72. The Bertz CT molecular complexity index is 416. The van der Waals surface area contributed by atoms with Crippen LogP contribution < -0.4 is 5.32 Å². The molecule has 1 aromatic rings. The fraction of sp³-hybridized carbons (Fsp3) is 0.625. The third kappa shape index (κ3) is 5.99. The monoisotopic (exact) mass is 294 g/mol. The van der Waals surface area contributed by atoms with E-state index in [-0.39, 0.29) is 5.82 Å². The summed E-state index contributed by atoms with van der Waals surface area (Å²) in [5.74, 6) is -0.186. The van der Waals surface area contributed by atoms with Gasteiger partial charge in [0.2, 0.25) is 0 Å². The Balaban J connectivity index is 1.60. The van der Waals surface area contributed by atoms with Crippen LogP contribution in [0, 0.1) is 5.82 Å². The van der Waals surface area contributed by atoms with Gasteiger partial charge in [0.1, 0.15) is 5.82 Å². The maximum Gasteiger partial charge on any atom is 0.125 e. The van der Waals surface area contributed by atoms with Crippen molar-refractivity contribution in [2.75, 3.05) is 71.8 Å². The molecule has 0 aliphatic carbocycles. The maximum atomic E-state index is 13.1. The number of hydrogen-bond donors (Lipinski definition) is 1. The molecule has 0 unspecified atom stereocenters. The molecule has 1 aromatic carbocycles. The molecule has 4 nitrogen and oxygen atoms in total. The summed E-state index contributed by atoms with van der Waals surface area (Å²) in [5, 5.41) is 3.28. The van der Waals surface area contributed by atoms with Crippen molar-refractivity contribution in [2.45, 2.75) is 0 Å². The van der Waals surface area contributed by atoms with Gasteiger partial charge in [0, 0.05) is 58.0 Å². The van der Waals surface area contributed by atoms with E-state index in [0.717, 1.165) is 58.0 Å². The Kier molecular flexibility index (Phi) is 6.42. The van der Waals surface area contributed by atoms with E-state index in [2.05, 4.69) is 34.1 Å². The molecule has 21 heavy (non-hydrogen) atoms. The summed E-state index contributed by atoms with van der Waals surface area (Å²) < 4.78 is 13.1. The van der Waals surface area contributed by atoms with Crippen molar-refractivity contribution in [1.29, 1.82) is 0 Å². The van der Waals surface area contributed by atoms with Gasteiger partial charge >= 0.3 is 0 Å². The first-order valence-electron chi connectivity index (χ1n) is 7.72. The third-order valence-corrected chi connectivity index (χ3v) is 3.91. The molecule has 1 aliphatic rings. The second-order valence-corrected chi connectivity index (χ2v) is 5.92. The highest BCUT2D eigenvalue weighted by atomic mass is 19.1. The van der Waals surface area contributed by atoms with E-state index in [1.165, 1.54) is 6.07 Å². The highest BCUT2D eigenvalue weighted by molar-refractivity contribution is 5.42. The molecule has 1 fully saturated rings. The van der Waals surface area contributed by atoms with Crippen LogP contribution in [0.1, 0.15) is 0 Å². The maximum absolute atomic E-state index is 13.1. The molecule has 0 spiro atoms. The summed E-state index contributed by atoms with van der Waals surface area (Å²) in [4.78, 5) is 7.23. The van der Waals surface area contributed by atoms with Crippen LogP contribution >= 0.6 is 0 Å². The van der Waals surface area contributed by atoms with Crippen LogP contribution in [0.25, 0.3) is 0 Å². The quantitative estimate of drug-likeness (QED) is 0.821. The lowest BCUT2D eigenvalue weighted by molar-refractivity contribution is 0.128. The number of anilines is 1. The Hall–Kier alpha value is -1.17. The lowest BCUT2D eigenvalue weighted by Gasteiger charge is -2.35. The van der Waals surface area contributed by atoms with E-state index >= 15 is 0 Å². The zero-order valence-electron chi connectivity index (χ0n) is 13.2. The lowest BCUT2D eigenvalue weighted by atomic mass is 10.3. The van der Waals surface area contributed by atoms with Crippen LogP contribution in [0.15, 0.2) is 24.3 Å². The number of nitrogens with one attached hydrogen (secondary N) is 1. The predicted octanol–water partition coefficient (Wildman–Crippen LogP) is 1.42. The lowest BCUT2D eigenvalue weighted by Crippen LogP contribution is -2.48.